The Labute approximate surface area is 107 Å². The van der Waals surface area contributed by atoms with Gasteiger partial charge in [0.05, 0.1) is 12.9 Å². The Morgan fingerprint density at radius 2 is 2.11 bits per heavy atom. The van der Waals surface area contributed by atoms with Gasteiger partial charge in [-0.3, -0.25) is 9.59 Å². The van der Waals surface area contributed by atoms with Crippen LogP contribution in [0.5, 0.6) is 0 Å². The Kier molecular flexibility index (Phi) is 5.11. The third kappa shape index (κ3) is 3.73. The third-order valence-corrected chi connectivity index (χ3v) is 2.47. The lowest BCUT2D eigenvalue weighted by molar-refractivity contribution is -0.116. The molecule has 0 spiro atoms. The highest BCUT2D eigenvalue weighted by atomic mass is 16.5. The van der Waals surface area contributed by atoms with Gasteiger partial charge in [-0.2, -0.15) is 0 Å². The highest BCUT2D eigenvalue weighted by molar-refractivity contribution is 6.05. The number of hydrogen-bond acceptors (Lipinski definition) is 3. The number of benzene rings is 1. The number of ether oxygens (including phenoxy) is 1. The summed E-state index contributed by atoms with van der Waals surface area (Å²) in [6.07, 6.45) is 2.75. The highest BCUT2D eigenvalue weighted by Crippen LogP contribution is 2.15. The summed E-state index contributed by atoms with van der Waals surface area (Å²) in [5.74, 6) is -0.230. The van der Waals surface area contributed by atoms with Crippen LogP contribution in [0.3, 0.4) is 0 Å². The molecule has 1 rings (SSSR count). The number of anilines is 1. The Morgan fingerprint density at radius 3 is 2.72 bits per heavy atom. The number of allylic oxidation sites excluding steroid dienone is 1. The van der Waals surface area contributed by atoms with Crippen molar-refractivity contribution in [2.24, 2.45) is 0 Å². The molecule has 0 saturated heterocycles. The first-order valence-electron chi connectivity index (χ1n) is 5.73. The molecule has 0 aromatic heterocycles. The van der Waals surface area contributed by atoms with Crippen LogP contribution in [0.1, 0.15) is 24.2 Å². The van der Waals surface area contributed by atoms with Crippen LogP contribution in [0.25, 0.3) is 0 Å². The average Bonchev–Trinajstić information content (AvgIpc) is 2.38. The van der Waals surface area contributed by atoms with Gasteiger partial charge in [0.1, 0.15) is 0 Å². The van der Waals surface area contributed by atoms with Crippen LogP contribution in [-0.4, -0.2) is 25.3 Å². The molecule has 0 bridgehead atoms. The molecule has 0 fully saturated rings. The predicted molar refractivity (Wildman–Crippen MR) is 70.6 cm³/mol. The van der Waals surface area contributed by atoms with Crippen molar-refractivity contribution < 1.29 is 14.3 Å². The third-order valence-electron chi connectivity index (χ3n) is 2.47. The van der Waals surface area contributed by atoms with Gasteiger partial charge in [-0.1, -0.05) is 12.1 Å². The lowest BCUT2D eigenvalue weighted by atomic mass is 10.1. The fraction of sp³-hybridized carbons (Fsp3) is 0.286. The maximum Gasteiger partial charge on any atom is 0.223 e. The molecular weight excluding hydrogens is 230 g/mol. The van der Waals surface area contributed by atoms with E-state index in [4.69, 9.17) is 4.74 Å². The number of carbonyl (C=O) groups excluding carboxylic acids is 2. The second-order valence-corrected chi connectivity index (χ2v) is 3.75. The lowest BCUT2D eigenvalue weighted by Gasteiger charge is -2.15. The van der Waals surface area contributed by atoms with Gasteiger partial charge in [-0.15, -0.1) is 0 Å². The summed E-state index contributed by atoms with van der Waals surface area (Å²) in [6, 6.07) is 6.91. The largest absolute Gasteiger partial charge is 0.501 e. The van der Waals surface area contributed by atoms with Gasteiger partial charge in [0, 0.05) is 31.3 Å². The van der Waals surface area contributed by atoms with Crippen LogP contribution in [-0.2, 0) is 9.53 Å². The van der Waals surface area contributed by atoms with Gasteiger partial charge in [-0.25, -0.2) is 0 Å². The van der Waals surface area contributed by atoms with Crippen LogP contribution in [0.4, 0.5) is 5.69 Å². The van der Waals surface area contributed by atoms with E-state index in [1.54, 1.807) is 31.3 Å². The molecule has 0 heterocycles. The van der Waals surface area contributed by atoms with Crippen LogP contribution < -0.4 is 4.90 Å². The second kappa shape index (κ2) is 6.59. The van der Waals surface area contributed by atoms with Crippen LogP contribution >= 0.6 is 0 Å². The smallest absolute Gasteiger partial charge is 0.223 e. The summed E-state index contributed by atoms with van der Waals surface area (Å²) in [6.45, 7) is 3.84. The summed E-state index contributed by atoms with van der Waals surface area (Å²) >= 11 is 0. The van der Waals surface area contributed by atoms with E-state index in [0.29, 0.717) is 17.9 Å². The predicted octanol–water partition coefficient (Wildman–Crippen LogP) is 2.40. The van der Waals surface area contributed by atoms with Crippen LogP contribution in [0.2, 0.25) is 0 Å². The molecule has 1 amide bonds. The Bertz CT molecular complexity index is 466. The number of rotatable bonds is 5. The van der Waals surface area contributed by atoms with E-state index in [0.717, 1.165) is 0 Å². The van der Waals surface area contributed by atoms with Gasteiger partial charge >= 0.3 is 0 Å². The van der Waals surface area contributed by atoms with E-state index in [1.165, 1.54) is 24.2 Å². The maximum absolute atomic E-state index is 11.8. The minimum absolute atomic E-state index is 0.0792. The van der Waals surface area contributed by atoms with Gasteiger partial charge < -0.3 is 9.64 Å². The van der Waals surface area contributed by atoms with Crippen molar-refractivity contribution in [2.75, 3.05) is 18.6 Å². The average molecular weight is 247 g/mol. The summed E-state index contributed by atoms with van der Waals surface area (Å²) < 4.78 is 4.98. The highest BCUT2D eigenvalue weighted by Gasteiger charge is 2.08. The number of hydrogen-bond donors (Lipinski definition) is 0. The standard InChI is InChI=1S/C14H17NO3/c1-4-18-9-8-14(17)12-6-5-7-13(10-12)15(3)11(2)16/h5-10H,4H2,1-3H3. The molecule has 0 aliphatic rings. The van der Waals surface area contributed by atoms with E-state index in [2.05, 4.69) is 0 Å². The number of amides is 1. The molecule has 0 aliphatic carbocycles. The van der Waals surface area contributed by atoms with Crippen molar-refractivity contribution in [2.45, 2.75) is 13.8 Å². The van der Waals surface area contributed by atoms with Crippen molar-refractivity contribution >= 4 is 17.4 Å². The van der Waals surface area contributed by atoms with Crippen LogP contribution in [0, 0.1) is 0 Å². The van der Waals surface area contributed by atoms with E-state index >= 15 is 0 Å². The number of ketones is 1. The summed E-state index contributed by atoms with van der Waals surface area (Å²) in [4.78, 5) is 24.5. The van der Waals surface area contributed by atoms with E-state index in [9.17, 15) is 9.59 Å². The molecule has 0 N–H and O–H groups in total. The Balaban J connectivity index is 2.88. The lowest BCUT2D eigenvalue weighted by Crippen LogP contribution is -2.22. The van der Waals surface area contributed by atoms with Crippen molar-refractivity contribution in [3.8, 4) is 0 Å². The fourth-order valence-corrected chi connectivity index (χ4v) is 1.35. The molecule has 0 saturated carbocycles. The molecule has 0 radical (unpaired) electrons. The molecule has 1 aromatic carbocycles. The minimum Gasteiger partial charge on any atom is -0.501 e. The van der Waals surface area contributed by atoms with Crippen molar-refractivity contribution in [3.63, 3.8) is 0 Å². The van der Waals surface area contributed by atoms with Crippen molar-refractivity contribution in [3.05, 3.63) is 42.2 Å². The second-order valence-electron chi connectivity index (χ2n) is 3.75. The summed E-state index contributed by atoms with van der Waals surface area (Å²) in [5, 5.41) is 0. The molecule has 18 heavy (non-hydrogen) atoms. The Morgan fingerprint density at radius 1 is 1.39 bits per heavy atom. The Hall–Kier alpha value is -2.10. The van der Waals surface area contributed by atoms with E-state index in [1.807, 2.05) is 6.92 Å². The fourth-order valence-electron chi connectivity index (χ4n) is 1.35. The zero-order valence-corrected chi connectivity index (χ0v) is 10.8. The van der Waals surface area contributed by atoms with Gasteiger partial charge in [0.25, 0.3) is 0 Å². The van der Waals surface area contributed by atoms with E-state index < -0.39 is 0 Å². The van der Waals surface area contributed by atoms with Gasteiger partial charge in [-0.05, 0) is 19.1 Å². The SMILES string of the molecule is CCOC=CC(=O)c1cccc(N(C)C(C)=O)c1. The molecule has 0 unspecified atom stereocenters. The van der Waals surface area contributed by atoms with Crippen LogP contribution in [0.15, 0.2) is 36.6 Å². The van der Waals surface area contributed by atoms with E-state index in [-0.39, 0.29) is 11.7 Å². The van der Waals surface area contributed by atoms with Gasteiger partial charge in [0.15, 0.2) is 5.78 Å². The number of nitrogens with zero attached hydrogens (tertiary/aromatic N) is 1. The monoisotopic (exact) mass is 247 g/mol. The van der Waals surface area contributed by atoms with Crippen molar-refractivity contribution in [1.82, 2.24) is 0 Å². The minimum atomic E-state index is -0.151. The molecule has 4 nitrogen and oxygen atoms in total. The number of carbonyl (C=O) groups is 2. The molecular formula is C14H17NO3. The molecule has 1 aromatic rings. The first-order valence-corrected chi connectivity index (χ1v) is 5.73. The zero-order valence-electron chi connectivity index (χ0n) is 10.8. The molecule has 0 aliphatic heterocycles. The topological polar surface area (TPSA) is 46.6 Å². The molecule has 4 heteroatoms. The first kappa shape index (κ1) is 14.0. The quantitative estimate of drug-likeness (QED) is 0.456. The molecule has 96 valence electrons. The zero-order chi connectivity index (χ0) is 13.5. The van der Waals surface area contributed by atoms with Crippen molar-refractivity contribution in [1.29, 1.82) is 0 Å². The first-order chi connectivity index (χ1) is 8.56. The summed E-state index contributed by atoms with van der Waals surface area (Å²) in [7, 11) is 1.67. The maximum atomic E-state index is 11.8. The normalized spacial score (nSPS) is 10.4. The molecule has 0 atom stereocenters. The van der Waals surface area contributed by atoms with Gasteiger partial charge in [0.2, 0.25) is 5.91 Å². The summed E-state index contributed by atoms with van der Waals surface area (Å²) in [5.41, 5.74) is 1.22.